The second-order valence-corrected chi connectivity index (χ2v) is 8.10. The molecule has 0 bridgehead atoms. The van der Waals surface area contributed by atoms with Gasteiger partial charge >= 0.3 is 5.97 Å². The minimum atomic E-state index is -1.31. The number of carbonyl (C=O) groups excluding carboxylic acids is 5. The lowest BCUT2D eigenvalue weighted by Crippen LogP contribution is -2.58. The predicted molar refractivity (Wildman–Crippen MR) is 111 cm³/mol. The zero-order valence-corrected chi connectivity index (χ0v) is 18.2. The van der Waals surface area contributed by atoms with Gasteiger partial charge in [0.15, 0.2) is 0 Å². The maximum atomic E-state index is 13.0. The van der Waals surface area contributed by atoms with Crippen LogP contribution >= 0.6 is 0 Å². The van der Waals surface area contributed by atoms with Crippen LogP contribution in [0.15, 0.2) is 0 Å². The molecule has 180 valence electrons. The van der Waals surface area contributed by atoms with E-state index in [-0.39, 0.29) is 19.4 Å². The third-order valence-electron chi connectivity index (χ3n) is 5.12. The van der Waals surface area contributed by atoms with Crippen molar-refractivity contribution in [2.24, 2.45) is 23.1 Å². The van der Waals surface area contributed by atoms with E-state index in [2.05, 4.69) is 10.6 Å². The summed E-state index contributed by atoms with van der Waals surface area (Å²) in [6.07, 6.45) is -0.0202. The van der Waals surface area contributed by atoms with Gasteiger partial charge in [0, 0.05) is 13.0 Å². The highest BCUT2D eigenvalue weighted by atomic mass is 16.4. The van der Waals surface area contributed by atoms with E-state index in [9.17, 15) is 33.9 Å². The number of nitrogens with two attached hydrogens (primary N) is 3. The van der Waals surface area contributed by atoms with E-state index in [1.807, 2.05) is 0 Å². The molecule has 0 saturated carbocycles. The van der Waals surface area contributed by atoms with Crippen LogP contribution in [0, 0.1) is 5.92 Å². The van der Waals surface area contributed by atoms with Crippen LogP contribution in [0.2, 0.25) is 0 Å². The molecule has 1 heterocycles. The fourth-order valence-electron chi connectivity index (χ4n) is 3.38. The van der Waals surface area contributed by atoms with Gasteiger partial charge in [-0.25, -0.2) is 4.79 Å². The first-order valence-corrected chi connectivity index (χ1v) is 10.3. The first kappa shape index (κ1) is 26.8. The van der Waals surface area contributed by atoms with Gasteiger partial charge in [-0.2, -0.15) is 0 Å². The summed E-state index contributed by atoms with van der Waals surface area (Å²) < 4.78 is 0. The van der Waals surface area contributed by atoms with Crippen molar-refractivity contribution in [2.75, 3.05) is 6.54 Å². The molecule has 4 atom stereocenters. The molecule has 0 aromatic heterocycles. The van der Waals surface area contributed by atoms with E-state index in [0.717, 1.165) is 0 Å². The maximum absolute atomic E-state index is 13.0. The van der Waals surface area contributed by atoms with Crippen LogP contribution in [0.1, 0.15) is 46.0 Å². The Morgan fingerprint density at radius 1 is 1.03 bits per heavy atom. The fraction of sp³-hybridized carbons (Fsp3) is 0.684. The second kappa shape index (κ2) is 12.0. The van der Waals surface area contributed by atoms with E-state index in [1.165, 1.54) is 4.90 Å². The molecule has 1 fully saturated rings. The van der Waals surface area contributed by atoms with Gasteiger partial charge in [-0.3, -0.25) is 24.0 Å². The number of hydrogen-bond donors (Lipinski definition) is 6. The smallest absolute Gasteiger partial charge is 0.326 e. The van der Waals surface area contributed by atoms with Crippen LogP contribution in [-0.2, 0) is 28.8 Å². The highest BCUT2D eigenvalue weighted by molar-refractivity contribution is 5.95. The normalized spacial score (nSPS) is 18.5. The predicted octanol–water partition coefficient (Wildman–Crippen LogP) is -2.84. The number of carboxylic acids is 1. The molecule has 0 radical (unpaired) electrons. The fourth-order valence-corrected chi connectivity index (χ4v) is 3.38. The van der Waals surface area contributed by atoms with Crippen LogP contribution in [-0.4, -0.2) is 76.2 Å². The van der Waals surface area contributed by atoms with Crippen LogP contribution in [0.3, 0.4) is 0 Å². The Balaban J connectivity index is 2.98. The number of carbonyl (C=O) groups is 6. The van der Waals surface area contributed by atoms with Crippen molar-refractivity contribution >= 4 is 35.5 Å². The number of rotatable bonds is 12. The third kappa shape index (κ3) is 7.80. The van der Waals surface area contributed by atoms with Gasteiger partial charge in [0.1, 0.15) is 18.1 Å². The minimum absolute atomic E-state index is 0.170. The SMILES string of the molecule is CC(C)C(NC(=O)C(CCC(N)=O)NC(=O)C(N)CC(N)=O)C(=O)N1CCCC1C(=O)O. The van der Waals surface area contributed by atoms with Gasteiger partial charge in [-0.1, -0.05) is 13.8 Å². The van der Waals surface area contributed by atoms with Gasteiger partial charge in [-0.15, -0.1) is 0 Å². The number of nitrogens with zero attached hydrogens (tertiary/aromatic N) is 1. The van der Waals surface area contributed by atoms with E-state index in [1.54, 1.807) is 13.8 Å². The van der Waals surface area contributed by atoms with Crippen LogP contribution in [0.5, 0.6) is 0 Å². The lowest BCUT2D eigenvalue weighted by Gasteiger charge is -2.30. The molecule has 32 heavy (non-hydrogen) atoms. The van der Waals surface area contributed by atoms with Crippen molar-refractivity contribution in [2.45, 2.75) is 70.1 Å². The Bertz CT molecular complexity index is 756. The van der Waals surface area contributed by atoms with Crippen LogP contribution in [0.4, 0.5) is 0 Å². The minimum Gasteiger partial charge on any atom is -0.480 e. The van der Waals surface area contributed by atoms with E-state index < -0.39 is 72.0 Å². The van der Waals surface area contributed by atoms with E-state index >= 15 is 0 Å². The highest BCUT2D eigenvalue weighted by Crippen LogP contribution is 2.20. The van der Waals surface area contributed by atoms with Crippen molar-refractivity contribution in [3.05, 3.63) is 0 Å². The third-order valence-corrected chi connectivity index (χ3v) is 5.12. The molecule has 0 spiro atoms. The van der Waals surface area contributed by atoms with E-state index in [4.69, 9.17) is 17.2 Å². The first-order valence-electron chi connectivity index (χ1n) is 10.3. The molecule has 0 aromatic rings. The average molecular weight is 457 g/mol. The van der Waals surface area contributed by atoms with Crippen molar-refractivity contribution in [3.63, 3.8) is 0 Å². The number of primary amides is 2. The topological polar surface area (TPSA) is 228 Å². The first-order chi connectivity index (χ1) is 14.8. The zero-order valence-electron chi connectivity index (χ0n) is 18.2. The van der Waals surface area contributed by atoms with Gasteiger partial charge in [-0.05, 0) is 25.2 Å². The van der Waals surface area contributed by atoms with Gasteiger partial charge in [0.25, 0.3) is 0 Å². The molecule has 1 saturated heterocycles. The summed E-state index contributed by atoms with van der Waals surface area (Å²) in [4.78, 5) is 72.9. The Morgan fingerprint density at radius 2 is 1.66 bits per heavy atom. The molecule has 13 heteroatoms. The molecule has 1 rings (SSSR count). The Labute approximate surface area is 185 Å². The highest BCUT2D eigenvalue weighted by Gasteiger charge is 2.39. The molecule has 0 aromatic carbocycles. The standard InChI is InChI=1S/C19H32N6O7/c1-9(2)15(18(30)25-7-3-4-12(25)19(31)32)24-17(29)11(5-6-13(21)26)23-16(28)10(20)8-14(22)27/h9-12,15H,3-8,20H2,1-2H3,(H2,21,26)(H2,22,27)(H,23,28)(H,24,29)(H,31,32). The van der Waals surface area contributed by atoms with Crippen molar-refractivity contribution < 1.29 is 33.9 Å². The molecular formula is C19H32N6O7. The van der Waals surface area contributed by atoms with Crippen LogP contribution in [0.25, 0.3) is 0 Å². The molecule has 9 N–H and O–H groups in total. The summed E-state index contributed by atoms with van der Waals surface area (Å²) in [5, 5.41) is 14.2. The summed E-state index contributed by atoms with van der Waals surface area (Å²) in [7, 11) is 0. The number of nitrogens with one attached hydrogen (secondary N) is 2. The molecule has 5 amide bonds. The second-order valence-electron chi connectivity index (χ2n) is 8.10. The monoisotopic (exact) mass is 456 g/mol. The summed E-state index contributed by atoms with van der Waals surface area (Å²) in [5.41, 5.74) is 15.8. The molecule has 4 unspecified atom stereocenters. The van der Waals surface area contributed by atoms with Crippen molar-refractivity contribution in [1.82, 2.24) is 15.5 Å². The summed E-state index contributed by atoms with van der Waals surface area (Å²) >= 11 is 0. The Kier molecular flexibility index (Phi) is 10.0. The summed E-state index contributed by atoms with van der Waals surface area (Å²) in [6, 6.07) is -4.61. The average Bonchev–Trinajstić information content (AvgIpc) is 3.17. The summed E-state index contributed by atoms with van der Waals surface area (Å²) in [6.45, 7) is 3.60. The molecule has 0 aliphatic carbocycles. The summed E-state index contributed by atoms with van der Waals surface area (Å²) in [5.74, 6) is -5.21. The number of hydrogen-bond acceptors (Lipinski definition) is 7. The van der Waals surface area contributed by atoms with Crippen molar-refractivity contribution in [3.8, 4) is 0 Å². The van der Waals surface area contributed by atoms with Gasteiger partial charge < -0.3 is 37.8 Å². The maximum Gasteiger partial charge on any atom is 0.326 e. The quantitative estimate of drug-likeness (QED) is 0.179. The van der Waals surface area contributed by atoms with Gasteiger partial charge in [0.2, 0.25) is 29.5 Å². The van der Waals surface area contributed by atoms with E-state index in [0.29, 0.717) is 12.8 Å². The Morgan fingerprint density at radius 3 is 2.16 bits per heavy atom. The zero-order chi connectivity index (χ0) is 24.6. The molecule has 1 aliphatic heterocycles. The van der Waals surface area contributed by atoms with Crippen molar-refractivity contribution in [1.29, 1.82) is 0 Å². The number of likely N-dealkylation sites (tertiary alicyclic amines) is 1. The lowest BCUT2D eigenvalue weighted by molar-refractivity contribution is -0.150. The number of carboxylic acid groups (broad SMARTS) is 1. The number of amides is 5. The molecular weight excluding hydrogens is 424 g/mol. The molecule has 1 aliphatic rings. The Hall–Kier alpha value is -3.22. The number of aliphatic carboxylic acids is 1. The van der Waals surface area contributed by atoms with Crippen LogP contribution < -0.4 is 27.8 Å². The van der Waals surface area contributed by atoms with Gasteiger partial charge in [0.05, 0.1) is 12.5 Å². The largest absolute Gasteiger partial charge is 0.480 e. The lowest BCUT2D eigenvalue weighted by atomic mass is 10.0. The molecule has 13 nitrogen and oxygen atoms in total.